The number of carbonyl (C=O) groups is 4. The van der Waals surface area contributed by atoms with Crippen LogP contribution in [0.2, 0.25) is 0 Å². The number of hydrogen-bond donors (Lipinski definition) is 3. The fraction of sp³-hybridized carbons (Fsp3) is 0.136. The van der Waals surface area contributed by atoms with Gasteiger partial charge in [-0.05, 0) is 93.4 Å². The van der Waals surface area contributed by atoms with Crippen molar-refractivity contribution in [3.8, 4) is 0 Å². The van der Waals surface area contributed by atoms with Crippen LogP contribution in [0, 0.1) is 87.3 Å². The zero-order valence-electron chi connectivity index (χ0n) is 44.1. The van der Waals surface area contributed by atoms with Crippen molar-refractivity contribution >= 4 is 57.5 Å². The van der Waals surface area contributed by atoms with Gasteiger partial charge in [0.1, 0.15) is 0 Å². The second-order valence-corrected chi connectivity index (χ2v) is 18.0. The van der Waals surface area contributed by atoms with Gasteiger partial charge in [0.2, 0.25) is 17.5 Å². The Bertz CT molecular complexity index is 4270. The van der Waals surface area contributed by atoms with Gasteiger partial charge in [0.05, 0.1) is 54.5 Å². The van der Waals surface area contributed by atoms with Crippen LogP contribution < -0.4 is 10.7 Å². The van der Waals surface area contributed by atoms with E-state index in [2.05, 4.69) is 19.9 Å². The number of aromatic amines is 3. The zero-order chi connectivity index (χ0) is 62.5. The average Bonchev–Trinajstić information content (AvgIpc) is 1.91. The molecule has 9 rings (SSSR count). The van der Waals surface area contributed by atoms with E-state index in [0.29, 0.717) is 18.2 Å². The molecule has 86 heavy (non-hydrogen) atoms. The molecule has 4 aromatic carbocycles. The molecule has 27 heteroatoms. The normalized spacial score (nSPS) is 13.1. The molecule has 0 aliphatic carbocycles. The second-order valence-electron chi connectivity index (χ2n) is 18.0. The van der Waals surface area contributed by atoms with Gasteiger partial charge in [-0.2, -0.15) is 0 Å². The van der Waals surface area contributed by atoms with Crippen LogP contribution in [0.3, 0.4) is 0 Å². The molecule has 0 atom stereocenters. The molecule has 444 valence electrons. The van der Waals surface area contributed by atoms with E-state index in [1.807, 2.05) is 0 Å². The van der Waals surface area contributed by atoms with Gasteiger partial charge >= 0.3 is 23.9 Å². The minimum absolute atomic E-state index is 0.332. The number of hydrogen-bond acceptors (Lipinski definition) is 9. The molecule has 2 aliphatic rings. The maximum absolute atomic E-state index is 16.4. The van der Waals surface area contributed by atoms with Gasteiger partial charge in [0, 0.05) is 61.3 Å². The zero-order valence-corrected chi connectivity index (χ0v) is 44.1. The Hall–Kier alpha value is -10.1. The number of allylic oxidation sites excluding steroid dienone is 2. The van der Waals surface area contributed by atoms with Crippen LogP contribution in [0.25, 0.3) is 27.9 Å². The predicted molar refractivity (Wildman–Crippen MR) is 272 cm³/mol. The molecule has 0 radical (unpaired) electrons. The third kappa shape index (κ3) is 10.2. The smallest absolute Gasteiger partial charge is 0.346 e. The first-order valence-electron chi connectivity index (χ1n) is 25.1. The number of halogens is 15. The largest absolute Gasteiger partial charge is 0.462 e. The molecule has 0 unspecified atom stereocenters. The van der Waals surface area contributed by atoms with E-state index in [9.17, 15) is 32.3 Å². The van der Waals surface area contributed by atoms with Crippen LogP contribution in [0.1, 0.15) is 78.3 Å². The topological polar surface area (TPSA) is 165 Å². The molecule has 10 bridgehead atoms. The predicted octanol–water partition coefficient (Wildman–Crippen LogP) is 10.8. The number of fused-ring (bicyclic) bond motifs is 9. The van der Waals surface area contributed by atoms with Crippen molar-refractivity contribution < 1.29 is 104 Å². The van der Waals surface area contributed by atoms with Crippen LogP contribution in [-0.2, 0) is 38.1 Å². The van der Waals surface area contributed by atoms with E-state index in [4.69, 9.17) is 18.9 Å². The maximum atomic E-state index is 16.4. The first kappa shape index (κ1) is 60.5. The minimum atomic E-state index is -2.72. The first-order chi connectivity index (χ1) is 40.9. The SMILES string of the molecule is CCOC(=O)C(C(=O)OCC)=C1c2cccc(c2)C(=C(C(=O)OCC)C(=O)OCC)c2ccc([nH]2)C(c2c(F)c(F)c(F)c(F)c2F)=c2ccc([nH]2)=C(c2c(F)c(F)c(F)c(F)c2F)C2=NC(=C(c3c(F)c(F)c(F)c(F)c3F)c3ccc1[nH]3)C=C2. The van der Waals surface area contributed by atoms with Crippen LogP contribution >= 0.6 is 0 Å². The third-order valence-electron chi connectivity index (χ3n) is 13.1. The molecule has 0 spiro atoms. The number of aliphatic imine (C=N–C) groups is 1. The van der Waals surface area contributed by atoms with Crippen molar-refractivity contribution in [3.63, 3.8) is 0 Å². The lowest BCUT2D eigenvalue weighted by Gasteiger charge is -2.17. The van der Waals surface area contributed by atoms with Gasteiger partial charge in [-0.25, -0.2) is 90.0 Å². The highest BCUT2D eigenvalue weighted by molar-refractivity contribution is 6.31. The fourth-order valence-corrected chi connectivity index (χ4v) is 9.48. The Morgan fingerprint density at radius 2 is 0.686 bits per heavy atom. The summed E-state index contributed by atoms with van der Waals surface area (Å²) in [5.41, 5.74) is -17.4. The summed E-state index contributed by atoms with van der Waals surface area (Å²) < 4.78 is 256. The number of rotatable bonds is 11. The summed E-state index contributed by atoms with van der Waals surface area (Å²) in [6.07, 6.45) is 1.36. The van der Waals surface area contributed by atoms with E-state index in [-0.39, 0.29) is 11.1 Å². The van der Waals surface area contributed by atoms with Gasteiger partial charge < -0.3 is 33.9 Å². The van der Waals surface area contributed by atoms with E-state index >= 15 is 52.7 Å². The molecular weight excluding hydrogens is 1180 g/mol. The van der Waals surface area contributed by atoms with Crippen molar-refractivity contribution in [2.24, 2.45) is 4.99 Å². The summed E-state index contributed by atoms with van der Waals surface area (Å²) >= 11 is 0. The summed E-state index contributed by atoms with van der Waals surface area (Å²) in [7, 11) is 0. The van der Waals surface area contributed by atoms with Crippen molar-refractivity contribution in [1.29, 1.82) is 0 Å². The lowest BCUT2D eigenvalue weighted by molar-refractivity contribution is -0.148. The highest BCUT2D eigenvalue weighted by atomic mass is 19.2. The number of carbonyl (C=O) groups excluding carboxylic acids is 4. The molecule has 0 saturated heterocycles. The number of aromatic nitrogens is 3. The molecule has 0 amide bonds. The van der Waals surface area contributed by atoms with E-state index in [1.54, 1.807) is 0 Å². The Morgan fingerprint density at radius 1 is 0.372 bits per heavy atom. The lowest BCUT2D eigenvalue weighted by atomic mass is 9.91. The van der Waals surface area contributed by atoms with Gasteiger partial charge in [0.25, 0.3) is 0 Å². The van der Waals surface area contributed by atoms with E-state index in [0.717, 1.165) is 36.4 Å². The van der Waals surface area contributed by atoms with Gasteiger partial charge in [-0.1, -0.05) is 18.2 Å². The number of nitrogens with zero attached hydrogens (tertiary/aromatic N) is 1. The first-order valence-corrected chi connectivity index (χ1v) is 25.1. The second kappa shape index (κ2) is 23.9. The van der Waals surface area contributed by atoms with Crippen molar-refractivity contribution in [2.75, 3.05) is 26.4 Å². The summed E-state index contributed by atoms with van der Waals surface area (Å²) in [6.45, 7) is 3.57. The van der Waals surface area contributed by atoms with E-state index in [1.165, 1.54) is 45.9 Å². The highest BCUT2D eigenvalue weighted by Gasteiger charge is 2.37. The van der Waals surface area contributed by atoms with E-state index < -0.39 is 238 Å². The molecule has 5 heterocycles. The van der Waals surface area contributed by atoms with Crippen LogP contribution in [-0.4, -0.2) is 71.0 Å². The molecular formula is C59H35F15N4O8. The Labute approximate surface area is 472 Å². The molecule has 0 fully saturated rings. The quantitative estimate of drug-likeness (QED) is 0.0168. The standard InChI is InChI=1S/C59H35F15N4O8/c1-5-83-56(79)39(57(80)84-6-2)31-21-10-9-11-22(20-21)32(40(58(81)85-7-3)59(82)86-8-4)24-13-15-26(76-24)34(37-43(62)49(68)54(73)50(69)44(37)63)28-17-19-30(78-28)35(38-45(64)51(70)55(74)52(71)46(38)65)29-18-16-27(77-29)33(25-14-12-23(31)75-25)36-41(60)47(66)53(72)48(67)42(36)61/h9-20,75-77H,5-8H2,1-4H3. The molecule has 7 aromatic rings. The molecule has 12 nitrogen and oxygen atoms in total. The summed E-state index contributed by atoms with van der Waals surface area (Å²) in [6, 6.07) is 9.83. The fourth-order valence-electron chi connectivity index (χ4n) is 9.48. The van der Waals surface area contributed by atoms with Crippen LogP contribution in [0.15, 0.2) is 94.7 Å². The van der Waals surface area contributed by atoms with Gasteiger partial charge in [-0.15, -0.1) is 0 Å². The average molecular weight is 1210 g/mol. The van der Waals surface area contributed by atoms with Crippen LogP contribution in [0.5, 0.6) is 0 Å². The number of benzene rings is 4. The Balaban J connectivity index is 1.58. The molecule has 3 aromatic heterocycles. The number of nitrogens with one attached hydrogen (secondary N) is 3. The Morgan fingerprint density at radius 3 is 1.06 bits per heavy atom. The molecule has 3 N–H and O–H groups in total. The monoisotopic (exact) mass is 1210 g/mol. The summed E-state index contributed by atoms with van der Waals surface area (Å²) in [4.78, 5) is 68.5. The Kier molecular flexibility index (Phi) is 16.8. The minimum Gasteiger partial charge on any atom is -0.462 e. The molecule has 0 saturated carbocycles. The summed E-state index contributed by atoms with van der Waals surface area (Å²) in [5, 5.41) is -1.77. The van der Waals surface area contributed by atoms with Crippen LogP contribution in [0.4, 0.5) is 65.9 Å². The third-order valence-corrected chi connectivity index (χ3v) is 13.1. The van der Waals surface area contributed by atoms with Gasteiger partial charge in [-0.3, -0.25) is 0 Å². The summed E-state index contributed by atoms with van der Waals surface area (Å²) in [5.74, 6) is -44.7. The van der Waals surface area contributed by atoms with Crippen molar-refractivity contribution in [2.45, 2.75) is 27.7 Å². The van der Waals surface area contributed by atoms with Crippen molar-refractivity contribution in [1.82, 2.24) is 15.0 Å². The number of ether oxygens (including phenoxy) is 4. The van der Waals surface area contributed by atoms with Crippen molar-refractivity contribution in [3.05, 3.63) is 238 Å². The maximum Gasteiger partial charge on any atom is 0.346 e. The highest BCUT2D eigenvalue weighted by Crippen LogP contribution is 2.41. The number of esters is 4. The number of H-pyrrole nitrogens is 3. The molecule has 2 aliphatic heterocycles. The van der Waals surface area contributed by atoms with Gasteiger partial charge in [0.15, 0.2) is 81.0 Å². The lowest BCUT2D eigenvalue weighted by Crippen LogP contribution is -2.23.